The Kier molecular flexibility index (Phi) is 2.55. The summed E-state index contributed by atoms with van der Waals surface area (Å²) in [5.41, 5.74) is 0. The minimum atomic E-state index is 0.796. The van der Waals surface area contributed by atoms with Crippen molar-refractivity contribution in [2.75, 3.05) is 31.2 Å². The maximum Gasteiger partial charge on any atom is 0.206 e. The Morgan fingerprint density at radius 3 is 2.69 bits per heavy atom. The van der Waals surface area contributed by atoms with Crippen molar-refractivity contribution in [1.29, 1.82) is 0 Å². The number of hydrogen-bond acceptors (Lipinski definition) is 3. The molecule has 1 aromatic heterocycles. The van der Waals surface area contributed by atoms with E-state index < -0.39 is 0 Å². The number of halogens is 1. The van der Waals surface area contributed by atoms with E-state index in [1.807, 2.05) is 17.8 Å². The summed E-state index contributed by atoms with van der Waals surface area (Å²) in [6.07, 6.45) is 1.82. The fourth-order valence-corrected chi connectivity index (χ4v) is 1.70. The number of nitrogens with zero attached hydrogens (tertiary/aromatic N) is 3. The highest BCUT2D eigenvalue weighted by molar-refractivity contribution is 9.10. The molecule has 0 amide bonds. The van der Waals surface area contributed by atoms with Crippen LogP contribution in [-0.2, 0) is 11.8 Å². The molecule has 1 aliphatic rings. The van der Waals surface area contributed by atoms with Crippen LogP contribution in [0.5, 0.6) is 0 Å². The van der Waals surface area contributed by atoms with Gasteiger partial charge in [0.15, 0.2) is 0 Å². The van der Waals surface area contributed by atoms with Gasteiger partial charge in [-0.2, -0.15) is 0 Å². The lowest BCUT2D eigenvalue weighted by Crippen LogP contribution is -2.37. The van der Waals surface area contributed by atoms with E-state index in [1.165, 1.54) is 0 Å². The van der Waals surface area contributed by atoms with Crippen LogP contribution in [0.2, 0.25) is 0 Å². The number of anilines is 1. The van der Waals surface area contributed by atoms with Crippen molar-refractivity contribution in [1.82, 2.24) is 9.55 Å². The maximum atomic E-state index is 5.28. The molecule has 1 fully saturated rings. The van der Waals surface area contributed by atoms with Gasteiger partial charge >= 0.3 is 0 Å². The van der Waals surface area contributed by atoms with Gasteiger partial charge in [0.2, 0.25) is 5.95 Å². The number of imidazole rings is 1. The second-order valence-corrected chi connectivity index (χ2v) is 3.85. The summed E-state index contributed by atoms with van der Waals surface area (Å²) in [7, 11) is 2.00. The summed E-state index contributed by atoms with van der Waals surface area (Å²) < 4.78 is 8.32. The van der Waals surface area contributed by atoms with Crippen molar-refractivity contribution in [2.24, 2.45) is 7.05 Å². The van der Waals surface area contributed by atoms with Crippen LogP contribution in [-0.4, -0.2) is 35.9 Å². The molecule has 72 valence electrons. The second kappa shape index (κ2) is 3.67. The monoisotopic (exact) mass is 245 g/mol. The van der Waals surface area contributed by atoms with E-state index in [-0.39, 0.29) is 0 Å². The third-order valence-electron chi connectivity index (χ3n) is 2.20. The van der Waals surface area contributed by atoms with E-state index in [1.54, 1.807) is 0 Å². The molecule has 0 bridgehead atoms. The molecule has 1 aliphatic heterocycles. The Hall–Kier alpha value is -0.550. The quantitative estimate of drug-likeness (QED) is 0.741. The number of rotatable bonds is 1. The van der Waals surface area contributed by atoms with Crippen LogP contribution >= 0.6 is 15.9 Å². The maximum absolute atomic E-state index is 5.28. The van der Waals surface area contributed by atoms with Crippen LogP contribution in [0.15, 0.2) is 10.8 Å². The van der Waals surface area contributed by atoms with Crippen molar-refractivity contribution >= 4 is 21.9 Å². The normalized spacial score (nSPS) is 17.8. The van der Waals surface area contributed by atoms with Crippen LogP contribution in [0.25, 0.3) is 0 Å². The Morgan fingerprint density at radius 2 is 2.15 bits per heavy atom. The zero-order valence-electron chi connectivity index (χ0n) is 7.53. The molecule has 1 aromatic rings. The largest absolute Gasteiger partial charge is 0.378 e. The Morgan fingerprint density at radius 1 is 1.46 bits per heavy atom. The van der Waals surface area contributed by atoms with Crippen molar-refractivity contribution in [3.05, 3.63) is 10.8 Å². The van der Waals surface area contributed by atoms with E-state index in [0.29, 0.717) is 0 Å². The molecule has 2 rings (SSSR count). The van der Waals surface area contributed by atoms with Crippen molar-refractivity contribution in [3.8, 4) is 0 Å². The smallest absolute Gasteiger partial charge is 0.206 e. The van der Waals surface area contributed by atoms with Gasteiger partial charge in [-0.05, 0) is 15.9 Å². The highest BCUT2D eigenvalue weighted by atomic mass is 79.9. The zero-order valence-corrected chi connectivity index (χ0v) is 9.12. The van der Waals surface area contributed by atoms with Gasteiger partial charge in [-0.15, -0.1) is 0 Å². The van der Waals surface area contributed by atoms with Gasteiger partial charge in [0.05, 0.1) is 19.4 Å². The highest BCUT2D eigenvalue weighted by Gasteiger charge is 2.15. The van der Waals surface area contributed by atoms with E-state index in [4.69, 9.17) is 4.74 Å². The molecule has 5 heteroatoms. The zero-order chi connectivity index (χ0) is 9.26. The summed E-state index contributed by atoms with van der Waals surface area (Å²) >= 11 is 3.43. The van der Waals surface area contributed by atoms with E-state index in [2.05, 4.69) is 25.8 Å². The average molecular weight is 246 g/mol. The Labute approximate surface area is 85.6 Å². The topological polar surface area (TPSA) is 30.3 Å². The van der Waals surface area contributed by atoms with Gasteiger partial charge in [0.1, 0.15) is 4.60 Å². The SMILES string of the molecule is Cn1c(Br)cnc1N1CCOCC1. The molecule has 1 saturated heterocycles. The lowest BCUT2D eigenvalue weighted by molar-refractivity contribution is 0.121. The van der Waals surface area contributed by atoms with Gasteiger partial charge in [-0.3, -0.25) is 0 Å². The second-order valence-electron chi connectivity index (χ2n) is 3.04. The first-order chi connectivity index (χ1) is 6.29. The van der Waals surface area contributed by atoms with Gasteiger partial charge in [0, 0.05) is 20.1 Å². The molecular weight excluding hydrogens is 234 g/mol. The summed E-state index contributed by atoms with van der Waals surface area (Å²) in [6, 6.07) is 0. The predicted molar refractivity (Wildman–Crippen MR) is 53.9 cm³/mol. The number of morpholine rings is 1. The first-order valence-electron chi connectivity index (χ1n) is 4.29. The molecule has 0 aliphatic carbocycles. The number of hydrogen-bond donors (Lipinski definition) is 0. The Bertz CT molecular complexity index is 294. The van der Waals surface area contributed by atoms with E-state index >= 15 is 0 Å². The molecule has 4 nitrogen and oxygen atoms in total. The number of aromatic nitrogens is 2. The summed E-state index contributed by atoms with van der Waals surface area (Å²) in [4.78, 5) is 6.56. The van der Waals surface area contributed by atoms with Crippen molar-refractivity contribution in [2.45, 2.75) is 0 Å². The van der Waals surface area contributed by atoms with E-state index in [0.717, 1.165) is 36.9 Å². The van der Waals surface area contributed by atoms with Crippen LogP contribution in [0.4, 0.5) is 5.95 Å². The molecule has 0 unspecified atom stereocenters. The highest BCUT2D eigenvalue weighted by Crippen LogP contribution is 2.18. The minimum absolute atomic E-state index is 0.796. The van der Waals surface area contributed by atoms with Gasteiger partial charge in [-0.25, -0.2) is 4.98 Å². The third-order valence-corrected chi connectivity index (χ3v) is 2.94. The van der Waals surface area contributed by atoms with Crippen molar-refractivity contribution < 1.29 is 4.74 Å². The summed E-state index contributed by atoms with van der Waals surface area (Å²) in [6.45, 7) is 3.45. The summed E-state index contributed by atoms with van der Waals surface area (Å²) in [5.74, 6) is 1.01. The molecule has 0 spiro atoms. The predicted octanol–water partition coefficient (Wildman–Crippen LogP) is 1.02. The van der Waals surface area contributed by atoms with Crippen LogP contribution < -0.4 is 4.90 Å². The standard InChI is InChI=1S/C8H12BrN3O/c1-11-7(9)6-10-8(11)12-2-4-13-5-3-12/h6H,2-5H2,1H3. The molecule has 0 radical (unpaired) electrons. The van der Waals surface area contributed by atoms with Gasteiger partial charge in [0.25, 0.3) is 0 Å². The first kappa shape index (κ1) is 9.02. The number of ether oxygens (including phenoxy) is 1. The van der Waals surface area contributed by atoms with E-state index in [9.17, 15) is 0 Å². The average Bonchev–Trinajstić information content (AvgIpc) is 2.49. The Balaban J connectivity index is 2.18. The molecule has 0 aromatic carbocycles. The van der Waals surface area contributed by atoms with Gasteiger partial charge < -0.3 is 14.2 Å². The van der Waals surface area contributed by atoms with Gasteiger partial charge in [-0.1, -0.05) is 0 Å². The lowest BCUT2D eigenvalue weighted by Gasteiger charge is -2.27. The third kappa shape index (κ3) is 1.71. The van der Waals surface area contributed by atoms with Crippen LogP contribution in [0.1, 0.15) is 0 Å². The minimum Gasteiger partial charge on any atom is -0.378 e. The van der Waals surface area contributed by atoms with Crippen LogP contribution in [0.3, 0.4) is 0 Å². The lowest BCUT2D eigenvalue weighted by atomic mass is 10.4. The molecule has 0 atom stereocenters. The molecular formula is C8H12BrN3O. The van der Waals surface area contributed by atoms with Crippen LogP contribution in [0, 0.1) is 0 Å². The molecule has 0 N–H and O–H groups in total. The fraction of sp³-hybridized carbons (Fsp3) is 0.625. The summed E-state index contributed by atoms with van der Waals surface area (Å²) in [5, 5.41) is 0. The molecule has 13 heavy (non-hydrogen) atoms. The van der Waals surface area contributed by atoms with Crippen molar-refractivity contribution in [3.63, 3.8) is 0 Å². The first-order valence-corrected chi connectivity index (χ1v) is 5.08. The molecule has 0 saturated carbocycles. The fourth-order valence-electron chi connectivity index (χ4n) is 1.44. The molecule has 2 heterocycles.